The molecule has 0 aromatic carbocycles. The van der Waals surface area contributed by atoms with Crippen molar-refractivity contribution in [2.45, 2.75) is 65.7 Å². The van der Waals surface area contributed by atoms with Crippen LogP contribution in [0, 0.1) is 5.92 Å². The minimum Gasteiger partial charge on any atom is -0.0883 e. The van der Waals surface area contributed by atoms with Gasteiger partial charge in [-0.2, -0.15) is 0 Å². The molecule has 0 aliphatic heterocycles. The van der Waals surface area contributed by atoms with Gasteiger partial charge in [-0.1, -0.05) is 52.2 Å². The van der Waals surface area contributed by atoms with E-state index in [0.29, 0.717) is 0 Å². The van der Waals surface area contributed by atoms with Crippen molar-refractivity contribution in [3.63, 3.8) is 0 Å². The first-order valence-electron chi connectivity index (χ1n) is 6.01. The maximum Gasteiger partial charge on any atom is -0.0239 e. The van der Waals surface area contributed by atoms with Gasteiger partial charge in [0.25, 0.3) is 0 Å². The van der Waals surface area contributed by atoms with E-state index in [0.717, 1.165) is 5.92 Å². The number of rotatable bonds is 8. The summed E-state index contributed by atoms with van der Waals surface area (Å²) in [6, 6.07) is 0. The Bertz CT molecular complexity index is 109. The zero-order valence-electron chi connectivity index (χ0n) is 9.68. The van der Waals surface area contributed by atoms with Gasteiger partial charge in [-0.3, -0.25) is 0 Å². The van der Waals surface area contributed by atoms with Crippen molar-refractivity contribution in [3.8, 4) is 0 Å². The number of unbranched alkanes of at least 4 members (excludes halogenated alkanes) is 4. The second-order valence-electron chi connectivity index (χ2n) is 3.85. The zero-order chi connectivity index (χ0) is 9.94. The summed E-state index contributed by atoms with van der Waals surface area (Å²) in [6.45, 7) is 6.81. The van der Waals surface area contributed by atoms with Gasteiger partial charge < -0.3 is 0 Å². The van der Waals surface area contributed by atoms with Crippen molar-refractivity contribution in [3.05, 3.63) is 12.2 Å². The van der Waals surface area contributed by atoms with E-state index in [9.17, 15) is 0 Å². The molecule has 0 bridgehead atoms. The lowest BCUT2D eigenvalue weighted by atomic mass is 10.0. The van der Waals surface area contributed by atoms with Gasteiger partial charge in [0.15, 0.2) is 0 Å². The van der Waals surface area contributed by atoms with Crippen LogP contribution in [-0.2, 0) is 0 Å². The molecule has 0 heterocycles. The highest BCUT2D eigenvalue weighted by atomic mass is 14.0. The first-order valence-corrected chi connectivity index (χ1v) is 6.01. The van der Waals surface area contributed by atoms with Crippen molar-refractivity contribution in [2.24, 2.45) is 5.92 Å². The van der Waals surface area contributed by atoms with Crippen LogP contribution in [0.25, 0.3) is 0 Å². The third-order valence-electron chi connectivity index (χ3n) is 2.68. The number of hydrogen-bond donors (Lipinski definition) is 0. The van der Waals surface area contributed by atoms with Crippen molar-refractivity contribution in [2.75, 3.05) is 0 Å². The summed E-state index contributed by atoms with van der Waals surface area (Å²) in [5, 5.41) is 0. The molecular weight excluding hydrogens is 156 g/mol. The highest BCUT2D eigenvalue weighted by Crippen LogP contribution is 2.10. The van der Waals surface area contributed by atoms with Crippen LogP contribution in [-0.4, -0.2) is 0 Å². The fourth-order valence-corrected chi connectivity index (χ4v) is 1.54. The third kappa shape index (κ3) is 8.08. The largest absolute Gasteiger partial charge is 0.0883 e. The number of hydrogen-bond acceptors (Lipinski definition) is 0. The van der Waals surface area contributed by atoms with Crippen LogP contribution in [0.1, 0.15) is 65.7 Å². The average Bonchev–Trinajstić information content (AvgIpc) is 2.17. The lowest BCUT2D eigenvalue weighted by Gasteiger charge is -2.04. The van der Waals surface area contributed by atoms with Crippen LogP contribution in [0.2, 0.25) is 0 Å². The van der Waals surface area contributed by atoms with Gasteiger partial charge >= 0.3 is 0 Å². The standard InChI is InChI=1S/C13H26/c1-4-7-8-9-10-11-12-13(5-2)6-3/h11-13H,4-10H2,1-3H3. The Kier molecular flexibility index (Phi) is 9.63. The molecule has 0 aliphatic carbocycles. The second-order valence-corrected chi connectivity index (χ2v) is 3.85. The van der Waals surface area contributed by atoms with E-state index in [1.165, 1.54) is 44.9 Å². The van der Waals surface area contributed by atoms with E-state index in [1.807, 2.05) is 0 Å². The van der Waals surface area contributed by atoms with Gasteiger partial charge in [0.1, 0.15) is 0 Å². The minimum absolute atomic E-state index is 0.825. The molecule has 0 aliphatic rings. The quantitative estimate of drug-likeness (QED) is 0.368. The van der Waals surface area contributed by atoms with E-state index < -0.39 is 0 Å². The van der Waals surface area contributed by atoms with Gasteiger partial charge in [-0.15, -0.1) is 0 Å². The zero-order valence-corrected chi connectivity index (χ0v) is 9.68. The van der Waals surface area contributed by atoms with Crippen LogP contribution in [0.15, 0.2) is 12.2 Å². The molecule has 0 nitrogen and oxygen atoms in total. The maximum absolute atomic E-state index is 2.41. The molecule has 0 rings (SSSR count). The molecule has 0 fully saturated rings. The lowest BCUT2D eigenvalue weighted by molar-refractivity contribution is 0.601. The molecule has 0 N–H and O–H groups in total. The summed E-state index contributed by atoms with van der Waals surface area (Å²) in [4.78, 5) is 0. The Labute approximate surface area is 84.4 Å². The normalized spacial score (nSPS) is 11.7. The summed E-state index contributed by atoms with van der Waals surface area (Å²) in [6.07, 6.45) is 14.2. The van der Waals surface area contributed by atoms with Crippen LogP contribution in [0.5, 0.6) is 0 Å². The molecule has 0 aromatic rings. The monoisotopic (exact) mass is 182 g/mol. The Hall–Kier alpha value is -0.260. The van der Waals surface area contributed by atoms with E-state index >= 15 is 0 Å². The van der Waals surface area contributed by atoms with Gasteiger partial charge in [0.05, 0.1) is 0 Å². The SMILES string of the molecule is CCCCCCC=CC(CC)CC. The topological polar surface area (TPSA) is 0 Å². The van der Waals surface area contributed by atoms with Crippen molar-refractivity contribution in [1.82, 2.24) is 0 Å². The van der Waals surface area contributed by atoms with Gasteiger partial charge in [0, 0.05) is 0 Å². The van der Waals surface area contributed by atoms with Crippen molar-refractivity contribution < 1.29 is 0 Å². The van der Waals surface area contributed by atoms with Crippen LogP contribution >= 0.6 is 0 Å². The first kappa shape index (κ1) is 12.7. The summed E-state index contributed by atoms with van der Waals surface area (Å²) in [7, 11) is 0. The Morgan fingerprint density at radius 1 is 0.923 bits per heavy atom. The maximum atomic E-state index is 2.41. The molecule has 0 saturated heterocycles. The second kappa shape index (κ2) is 9.83. The average molecular weight is 182 g/mol. The highest BCUT2D eigenvalue weighted by molar-refractivity contribution is 4.87. The fourth-order valence-electron chi connectivity index (χ4n) is 1.54. The van der Waals surface area contributed by atoms with Gasteiger partial charge in [0.2, 0.25) is 0 Å². The molecule has 0 amide bonds. The van der Waals surface area contributed by atoms with E-state index in [-0.39, 0.29) is 0 Å². The molecule has 0 spiro atoms. The van der Waals surface area contributed by atoms with Gasteiger partial charge in [-0.25, -0.2) is 0 Å². The Balaban J connectivity index is 3.28. The summed E-state index contributed by atoms with van der Waals surface area (Å²) < 4.78 is 0. The van der Waals surface area contributed by atoms with Crippen LogP contribution in [0.4, 0.5) is 0 Å². The lowest BCUT2D eigenvalue weighted by Crippen LogP contribution is -1.89. The van der Waals surface area contributed by atoms with Crippen LogP contribution < -0.4 is 0 Å². The smallest absolute Gasteiger partial charge is 0.0239 e. The highest BCUT2D eigenvalue weighted by Gasteiger charge is 1.95. The van der Waals surface area contributed by atoms with Crippen molar-refractivity contribution in [1.29, 1.82) is 0 Å². The molecule has 0 aromatic heterocycles. The molecule has 0 atom stereocenters. The molecule has 0 heteroatoms. The Morgan fingerprint density at radius 3 is 2.15 bits per heavy atom. The predicted molar refractivity (Wildman–Crippen MR) is 62.0 cm³/mol. The molecular formula is C13H26. The minimum atomic E-state index is 0.825. The van der Waals surface area contributed by atoms with Crippen molar-refractivity contribution >= 4 is 0 Å². The molecule has 13 heavy (non-hydrogen) atoms. The third-order valence-corrected chi connectivity index (χ3v) is 2.68. The summed E-state index contributed by atoms with van der Waals surface area (Å²) in [5.74, 6) is 0.825. The molecule has 0 unspecified atom stereocenters. The van der Waals surface area contributed by atoms with E-state index in [2.05, 4.69) is 32.9 Å². The fraction of sp³-hybridized carbons (Fsp3) is 0.846. The van der Waals surface area contributed by atoms with Gasteiger partial charge in [-0.05, 0) is 31.6 Å². The summed E-state index contributed by atoms with van der Waals surface area (Å²) >= 11 is 0. The van der Waals surface area contributed by atoms with E-state index in [4.69, 9.17) is 0 Å². The van der Waals surface area contributed by atoms with Crippen LogP contribution in [0.3, 0.4) is 0 Å². The summed E-state index contributed by atoms with van der Waals surface area (Å²) in [5.41, 5.74) is 0. The molecule has 78 valence electrons. The molecule has 0 radical (unpaired) electrons. The van der Waals surface area contributed by atoms with E-state index in [1.54, 1.807) is 0 Å². The number of allylic oxidation sites excluding steroid dienone is 2. The first-order chi connectivity index (χ1) is 6.35. The molecule has 0 saturated carbocycles. The Morgan fingerprint density at radius 2 is 1.62 bits per heavy atom. The predicted octanol–water partition coefficient (Wildman–Crippen LogP) is 4.95.